The maximum absolute atomic E-state index is 10.0. The van der Waals surface area contributed by atoms with Crippen molar-refractivity contribution in [3.63, 3.8) is 0 Å². The number of hydrogen-bond donors (Lipinski definition) is 2. The van der Waals surface area contributed by atoms with Crippen molar-refractivity contribution in [2.75, 3.05) is 39.5 Å². The number of aliphatic hydroxyl groups is 1. The average Bonchev–Trinajstić information content (AvgIpc) is 2.77. The topological polar surface area (TPSA) is 69.2 Å². The predicted octanol–water partition coefficient (Wildman–Crippen LogP) is 5.79. The lowest BCUT2D eigenvalue weighted by Crippen LogP contribution is -2.47. The van der Waals surface area contributed by atoms with Crippen LogP contribution < -0.4 is 5.32 Å². The minimum absolute atomic E-state index is 0.183. The molecule has 0 radical (unpaired) electrons. The third kappa shape index (κ3) is 15.2. The molecule has 0 saturated carbocycles. The van der Waals surface area contributed by atoms with Gasteiger partial charge in [0.1, 0.15) is 12.7 Å². The largest absolute Gasteiger partial charge is 0.499 e. The molecule has 0 bridgehead atoms. The molecule has 0 rings (SSSR count). The van der Waals surface area contributed by atoms with Gasteiger partial charge in [-0.25, -0.2) is 0 Å². The van der Waals surface area contributed by atoms with Gasteiger partial charge in [-0.1, -0.05) is 58.4 Å². The molecule has 2 atom stereocenters. The standard InChI is InChI=1S/C26H53NO5/c1-6-11-13-14-15-16-18-24(26(30-8-3,31-9-4)32-10-5)19-17-20-27-22-25(28)23-29-21-12-7-2/h12,21,24-25,27-28H,6-11,13-20,22-23H2,1-5H3. The van der Waals surface area contributed by atoms with Crippen molar-refractivity contribution in [1.29, 1.82) is 0 Å². The summed E-state index contributed by atoms with van der Waals surface area (Å²) in [4.78, 5) is 0. The molecule has 6 nitrogen and oxygen atoms in total. The summed E-state index contributed by atoms with van der Waals surface area (Å²) in [5, 5.41) is 13.4. The van der Waals surface area contributed by atoms with Crippen LogP contribution in [0.2, 0.25) is 0 Å². The molecule has 0 amide bonds. The molecule has 2 N–H and O–H groups in total. The molecular formula is C26H53NO5. The minimum Gasteiger partial charge on any atom is -0.499 e. The lowest BCUT2D eigenvalue weighted by atomic mass is 9.92. The Morgan fingerprint density at radius 2 is 1.41 bits per heavy atom. The molecule has 192 valence electrons. The van der Waals surface area contributed by atoms with Crippen molar-refractivity contribution >= 4 is 0 Å². The second kappa shape index (κ2) is 22.1. The summed E-state index contributed by atoms with van der Waals surface area (Å²) >= 11 is 0. The summed E-state index contributed by atoms with van der Waals surface area (Å²) < 4.78 is 23.6. The first kappa shape index (κ1) is 31.3. The fourth-order valence-electron chi connectivity index (χ4n) is 3.88. The van der Waals surface area contributed by atoms with Crippen molar-refractivity contribution in [2.45, 2.75) is 111 Å². The first-order valence-electron chi connectivity index (χ1n) is 13.2. The van der Waals surface area contributed by atoms with E-state index in [2.05, 4.69) is 19.2 Å². The summed E-state index contributed by atoms with van der Waals surface area (Å²) in [6.45, 7) is 13.6. The van der Waals surface area contributed by atoms with Crippen LogP contribution in [-0.4, -0.2) is 56.7 Å². The number of hydrogen-bond acceptors (Lipinski definition) is 6. The minimum atomic E-state index is -0.958. The molecular weight excluding hydrogens is 406 g/mol. The fraction of sp³-hybridized carbons (Fsp3) is 0.923. The van der Waals surface area contributed by atoms with Crippen LogP contribution in [0, 0.1) is 5.92 Å². The Hall–Kier alpha value is -0.660. The molecule has 0 spiro atoms. The molecule has 0 aromatic heterocycles. The molecule has 6 heteroatoms. The van der Waals surface area contributed by atoms with Gasteiger partial charge >= 0.3 is 0 Å². The van der Waals surface area contributed by atoms with E-state index >= 15 is 0 Å². The quantitative estimate of drug-likeness (QED) is 0.108. The zero-order valence-electron chi connectivity index (χ0n) is 21.7. The zero-order chi connectivity index (χ0) is 23.9. The molecule has 0 aromatic carbocycles. The van der Waals surface area contributed by atoms with Crippen LogP contribution in [0.1, 0.15) is 98.8 Å². The van der Waals surface area contributed by atoms with Gasteiger partial charge < -0.3 is 29.4 Å². The lowest BCUT2D eigenvalue weighted by Gasteiger charge is -2.39. The number of rotatable bonds is 24. The third-order valence-corrected chi connectivity index (χ3v) is 5.45. The Bertz CT molecular complexity index is 402. The maximum Gasteiger partial charge on any atom is 0.285 e. The Labute approximate surface area is 198 Å². The van der Waals surface area contributed by atoms with Gasteiger partial charge in [0.15, 0.2) is 0 Å². The van der Waals surface area contributed by atoms with E-state index in [0.717, 1.165) is 38.6 Å². The molecule has 2 unspecified atom stereocenters. The van der Waals surface area contributed by atoms with Crippen molar-refractivity contribution in [3.8, 4) is 0 Å². The smallest absolute Gasteiger partial charge is 0.285 e. The fourth-order valence-corrected chi connectivity index (χ4v) is 3.88. The number of nitrogens with one attached hydrogen (secondary N) is 1. The molecule has 0 aliphatic rings. The van der Waals surface area contributed by atoms with Crippen molar-refractivity contribution < 1.29 is 24.1 Å². The van der Waals surface area contributed by atoms with Crippen LogP contribution in [0.15, 0.2) is 12.3 Å². The SMILES string of the molecule is CCC=COCC(O)CNCCCC(CCCCCCCC)C(OCC)(OCC)OCC. The second-order valence-corrected chi connectivity index (χ2v) is 8.27. The van der Waals surface area contributed by atoms with Crippen molar-refractivity contribution in [3.05, 3.63) is 12.3 Å². The van der Waals surface area contributed by atoms with Gasteiger partial charge in [0, 0.05) is 32.3 Å². The van der Waals surface area contributed by atoms with Gasteiger partial charge in [0.2, 0.25) is 0 Å². The first-order chi connectivity index (χ1) is 15.6. The molecule has 0 heterocycles. The number of unbranched alkanes of at least 4 members (excludes halogenated alkanes) is 5. The van der Waals surface area contributed by atoms with Crippen LogP contribution in [0.3, 0.4) is 0 Å². The third-order valence-electron chi connectivity index (χ3n) is 5.45. The molecule has 0 aliphatic heterocycles. The second-order valence-electron chi connectivity index (χ2n) is 8.27. The Morgan fingerprint density at radius 1 is 0.812 bits per heavy atom. The highest BCUT2D eigenvalue weighted by Gasteiger charge is 2.41. The normalized spacial score (nSPS) is 14.2. The molecule has 0 fully saturated rings. The van der Waals surface area contributed by atoms with Gasteiger partial charge in [-0.05, 0) is 53.0 Å². The summed E-state index contributed by atoms with van der Waals surface area (Å²) in [6.07, 6.45) is 14.6. The highest BCUT2D eigenvalue weighted by molar-refractivity contribution is 4.74. The van der Waals surface area contributed by atoms with E-state index in [-0.39, 0.29) is 5.92 Å². The van der Waals surface area contributed by atoms with E-state index in [1.165, 1.54) is 32.1 Å². The van der Waals surface area contributed by atoms with Gasteiger partial charge in [-0.15, -0.1) is 0 Å². The number of ether oxygens (including phenoxy) is 4. The van der Waals surface area contributed by atoms with Gasteiger partial charge in [0.25, 0.3) is 5.97 Å². The van der Waals surface area contributed by atoms with Crippen molar-refractivity contribution in [2.24, 2.45) is 5.92 Å². The van der Waals surface area contributed by atoms with Gasteiger partial charge in [0.05, 0.1) is 6.26 Å². The van der Waals surface area contributed by atoms with Crippen LogP contribution in [-0.2, 0) is 18.9 Å². The van der Waals surface area contributed by atoms with Crippen molar-refractivity contribution in [1.82, 2.24) is 5.32 Å². The summed E-state index contributed by atoms with van der Waals surface area (Å²) in [6, 6.07) is 0. The van der Waals surface area contributed by atoms with E-state index in [9.17, 15) is 5.11 Å². The predicted molar refractivity (Wildman–Crippen MR) is 133 cm³/mol. The van der Waals surface area contributed by atoms with Crippen LogP contribution in [0.5, 0.6) is 0 Å². The lowest BCUT2D eigenvalue weighted by molar-refractivity contribution is -0.403. The molecule has 32 heavy (non-hydrogen) atoms. The summed E-state index contributed by atoms with van der Waals surface area (Å²) in [7, 11) is 0. The zero-order valence-corrected chi connectivity index (χ0v) is 21.7. The molecule has 0 aromatic rings. The highest BCUT2D eigenvalue weighted by atomic mass is 16.9. The summed E-state index contributed by atoms with van der Waals surface area (Å²) in [5.74, 6) is -0.775. The first-order valence-corrected chi connectivity index (χ1v) is 13.2. The Kier molecular flexibility index (Phi) is 21.7. The average molecular weight is 460 g/mol. The van der Waals surface area contributed by atoms with E-state index in [0.29, 0.717) is 33.0 Å². The van der Waals surface area contributed by atoms with Crippen LogP contribution in [0.4, 0.5) is 0 Å². The van der Waals surface area contributed by atoms with E-state index in [4.69, 9.17) is 18.9 Å². The van der Waals surface area contributed by atoms with Gasteiger partial charge in [-0.2, -0.15) is 0 Å². The molecule has 0 saturated heterocycles. The Morgan fingerprint density at radius 3 is 2.00 bits per heavy atom. The monoisotopic (exact) mass is 459 g/mol. The van der Waals surface area contributed by atoms with E-state index in [1.807, 2.05) is 26.8 Å². The van der Waals surface area contributed by atoms with Crippen LogP contribution >= 0.6 is 0 Å². The van der Waals surface area contributed by atoms with Crippen LogP contribution in [0.25, 0.3) is 0 Å². The number of allylic oxidation sites excluding steroid dienone is 1. The summed E-state index contributed by atoms with van der Waals surface area (Å²) in [5.41, 5.74) is 0. The highest BCUT2D eigenvalue weighted by Crippen LogP contribution is 2.34. The Balaban J connectivity index is 4.66. The number of aliphatic hydroxyl groups excluding tert-OH is 1. The maximum atomic E-state index is 10.0. The molecule has 0 aliphatic carbocycles. The van der Waals surface area contributed by atoms with E-state index in [1.54, 1.807) is 6.26 Å². The van der Waals surface area contributed by atoms with Gasteiger partial charge in [-0.3, -0.25) is 0 Å². The van der Waals surface area contributed by atoms with E-state index < -0.39 is 12.1 Å².